The number of nitrogens with zero attached hydrogens (tertiary/aromatic N) is 1. The van der Waals surface area contributed by atoms with Gasteiger partial charge in [-0.15, -0.1) is 0 Å². The summed E-state index contributed by atoms with van der Waals surface area (Å²) in [6.07, 6.45) is 2.19. The quantitative estimate of drug-likeness (QED) is 0.705. The summed E-state index contributed by atoms with van der Waals surface area (Å²) < 4.78 is 27.6. The highest BCUT2D eigenvalue weighted by atomic mass is 32.2. The Morgan fingerprint density at radius 1 is 1.40 bits per heavy atom. The number of H-pyrrole nitrogens is 1. The maximum atomic E-state index is 12.4. The lowest BCUT2D eigenvalue weighted by atomic mass is 9.93. The molecule has 0 radical (unpaired) electrons. The summed E-state index contributed by atoms with van der Waals surface area (Å²) in [5.74, 6) is 0.489. The third-order valence-electron chi connectivity index (χ3n) is 4.38. The molecule has 0 unspecified atom stereocenters. The van der Waals surface area contributed by atoms with Crippen LogP contribution in [0.3, 0.4) is 0 Å². The molecule has 7 heteroatoms. The second kappa shape index (κ2) is 5.46. The third kappa shape index (κ3) is 2.89. The highest BCUT2D eigenvalue weighted by Crippen LogP contribution is 2.51. The minimum Gasteiger partial charge on any atom is -0.316 e. The second-order valence-electron chi connectivity index (χ2n) is 6.00. The van der Waals surface area contributed by atoms with Crippen LogP contribution >= 0.6 is 0 Å². The Balaban J connectivity index is 2.15. The van der Waals surface area contributed by atoms with E-state index in [4.69, 9.17) is 0 Å². The minimum atomic E-state index is -3.55. The van der Waals surface area contributed by atoms with Gasteiger partial charge in [-0.3, -0.25) is 5.10 Å². The molecule has 0 aliphatic heterocycles. The lowest BCUT2D eigenvalue weighted by molar-refractivity contribution is 0.357. The zero-order chi connectivity index (χ0) is 15.0. The normalized spacial score (nSPS) is 17.6. The van der Waals surface area contributed by atoms with Crippen LogP contribution in [0.4, 0.5) is 0 Å². The van der Waals surface area contributed by atoms with E-state index < -0.39 is 10.0 Å². The third-order valence-corrected chi connectivity index (χ3v) is 5.75. The lowest BCUT2D eigenvalue weighted by Gasteiger charge is -2.19. The van der Waals surface area contributed by atoms with Crippen molar-refractivity contribution in [3.8, 4) is 0 Å². The summed E-state index contributed by atoms with van der Waals surface area (Å²) in [5.41, 5.74) is 1.63. The summed E-state index contributed by atoms with van der Waals surface area (Å²) >= 11 is 0. The Bertz CT molecular complexity index is 573. The standard InChI is InChI=1S/C13H24N4O2S/c1-9(2)13(5-6-13)8-15-20(18,19)12-11(7-14-4)10(3)16-17-12/h9,14-15H,5-8H2,1-4H3,(H,16,17). The first-order valence-corrected chi connectivity index (χ1v) is 8.49. The number of aryl methyl sites for hydroxylation is 1. The van der Waals surface area contributed by atoms with Crippen LogP contribution in [-0.4, -0.2) is 32.2 Å². The van der Waals surface area contributed by atoms with Gasteiger partial charge in [0, 0.05) is 24.3 Å². The molecule has 0 saturated heterocycles. The fraction of sp³-hybridized carbons (Fsp3) is 0.769. The summed E-state index contributed by atoms with van der Waals surface area (Å²) in [6, 6.07) is 0. The van der Waals surface area contributed by atoms with Gasteiger partial charge in [0.2, 0.25) is 0 Å². The molecule has 0 aromatic carbocycles. The number of aromatic nitrogens is 2. The van der Waals surface area contributed by atoms with Gasteiger partial charge in [-0.2, -0.15) is 5.10 Å². The molecule has 1 aromatic heterocycles. The molecule has 0 bridgehead atoms. The van der Waals surface area contributed by atoms with Crippen molar-refractivity contribution >= 4 is 10.0 Å². The van der Waals surface area contributed by atoms with Gasteiger partial charge in [-0.25, -0.2) is 13.1 Å². The van der Waals surface area contributed by atoms with Gasteiger partial charge in [0.05, 0.1) is 0 Å². The molecular formula is C13H24N4O2S. The molecule has 3 N–H and O–H groups in total. The van der Waals surface area contributed by atoms with E-state index in [-0.39, 0.29) is 10.4 Å². The van der Waals surface area contributed by atoms with Crippen LogP contribution in [0.5, 0.6) is 0 Å². The first-order chi connectivity index (χ1) is 9.32. The Kier molecular flexibility index (Phi) is 4.22. The van der Waals surface area contributed by atoms with Crippen LogP contribution in [0.25, 0.3) is 0 Å². The molecule has 2 rings (SSSR count). The van der Waals surface area contributed by atoms with Crippen LogP contribution < -0.4 is 10.0 Å². The van der Waals surface area contributed by atoms with Crippen molar-refractivity contribution < 1.29 is 8.42 Å². The van der Waals surface area contributed by atoms with Crippen molar-refractivity contribution in [3.05, 3.63) is 11.3 Å². The van der Waals surface area contributed by atoms with Crippen molar-refractivity contribution in [2.24, 2.45) is 11.3 Å². The van der Waals surface area contributed by atoms with E-state index in [1.165, 1.54) is 0 Å². The molecule has 1 aliphatic carbocycles. The summed E-state index contributed by atoms with van der Waals surface area (Å²) in [6.45, 7) is 7.10. The molecule has 1 fully saturated rings. The lowest BCUT2D eigenvalue weighted by Crippen LogP contribution is -2.33. The predicted octanol–water partition coefficient (Wildman–Crippen LogP) is 1.15. The fourth-order valence-electron chi connectivity index (χ4n) is 2.46. The molecule has 20 heavy (non-hydrogen) atoms. The van der Waals surface area contributed by atoms with Crippen molar-refractivity contribution in [2.75, 3.05) is 13.6 Å². The Labute approximate surface area is 120 Å². The minimum absolute atomic E-state index is 0.115. The maximum Gasteiger partial charge on any atom is 0.260 e. The number of rotatable bonds is 7. The predicted molar refractivity (Wildman–Crippen MR) is 77.8 cm³/mol. The average Bonchev–Trinajstić information content (AvgIpc) is 3.09. The average molecular weight is 300 g/mol. The molecule has 114 valence electrons. The van der Waals surface area contributed by atoms with Crippen molar-refractivity contribution in [1.82, 2.24) is 20.2 Å². The zero-order valence-electron chi connectivity index (χ0n) is 12.6. The second-order valence-corrected chi connectivity index (χ2v) is 7.69. The number of hydrogen-bond acceptors (Lipinski definition) is 4. The molecular weight excluding hydrogens is 276 g/mol. The Morgan fingerprint density at radius 2 is 2.05 bits per heavy atom. The molecule has 6 nitrogen and oxygen atoms in total. The summed E-state index contributed by atoms with van der Waals surface area (Å²) in [5, 5.41) is 9.80. The van der Waals surface area contributed by atoms with Gasteiger partial charge in [0.1, 0.15) is 0 Å². The van der Waals surface area contributed by atoms with Crippen molar-refractivity contribution in [2.45, 2.75) is 45.2 Å². The molecule has 0 amide bonds. The number of hydrogen-bond donors (Lipinski definition) is 3. The van der Waals surface area contributed by atoms with Crippen LogP contribution in [0.2, 0.25) is 0 Å². The number of sulfonamides is 1. The number of aromatic amines is 1. The van der Waals surface area contributed by atoms with E-state index >= 15 is 0 Å². The van der Waals surface area contributed by atoms with Gasteiger partial charge in [-0.1, -0.05) is 13.8 Å². The SMILES string of the molecule is CNCc1c(S(=O)(=O)NCC2(C(C)C)CC2)n[nH]c1C. The van der Waals surface area contributed by atoms with E-state index in [9.17, 15) is 8.42 Å². The van der Waals surface area contributed by atoms with Crippen LogP contribution in [0, 0.1) is 18.3 Å². The topological polar surface area (TPSA) is 86.9 Å². The van der Waals surface area contributed by atoms with Gasteiger partial charge in [-0.05, 0) is 38.1 Å². The highest BCUT2D eigenvalue weighted by molar-refractivity contribution is 7.89. The smallest absolute Gasteiger partial charge is 0.260 e. The fourth-order valence-corrected chi connectivity index (χ4v) is 3.79. The molecule has 1 heterocycles. The first kappa shape index (κ1) is 15.5. The van der Waals surface area contributed by atoms with E-state index in [0.717, 1.165) is 18.5 Å². The highest BCUT2D eigenvalue weighted by Gasteiger charge is 2.46. The summed E-state index contributed by atoms with van der Waals surface area (Å²) in [7, 11) is -1.77. The largest absolute Gasteiger partial charge is 0.316 e. The van der Waals surface area contributed by atoms with E-state index in [2.05, 4.69) is 34.1 Å². The number of nitrogens with one attached hydrogen (secondary N) is 3. The van der Waals surface area contributed by atoms with Gasteiger partial charge in [0.25, 0.3) is 10.0 Å². The van der Waals surface area contributed by atoms with Crippen LogP contribution in [0.1, 0.15) is 37.9 Å². The molecule has 1 saturated carbocycles. The first-order valence-electron chi connectivity index (χ1n) is 7.00. The summed E-state index contributed by atoms with van der Waals surface area (Å²) in [4.78, 5) is 0. The van der Waals surface area contributed by atoms with Gasteiger partial charge < -0.3 is 5.32 Å². The van der Waals surface area contributed by atoms with E-state index in [0.29, 0.717) is 24.6 Å². The Hall–Kier alpha value is -0.920. The van der Waals surface area contributed by atoms with Crippen LogP contribution in [0.15, 0.2) is 5.03 Å². The monoisotopic (exact) mass is 300 g/mol. The molecule has 0 spiro atoms. The Morgan fingerprint density at radius 3 is 2.55 bits per heavy atom. The molecule has 1 aromatic rings. The van der Waals surface area contributed by atoms with Crippen molar-refractivity contribution in [1.29, 1.82) is 0 Å². The maximum absolute atomic E-state index is 12.4. The van der Waals surface area contributed by atoms with E-state index in [1.54, 1.807) is 7.05 Å². The van der Waals surface area contributed by atoms with Crippen LogP contribution in [-0.2, 0) is 16.6 Å². The van der Waals surface area contributed by atoms with E-state index in [1.807, 2.05) is 6.92 Å². The molecule has 1 aliphatic rings. The van der Waals surface area contributed by atoms with Crippen molar-refractivity contribution in [3.63, 3.8) is 0 Å². The molecule has 0 atom stereocenters. The van der Waals surface area contributed by atoms with Gasteiger partial charge in [0.15, 0.2) is 5.03 Å². The zero-order valence-corrected chi connectivity index (χ0v) is 13.4. The van der Waals surface area contributed by atoms with Gasteiger partial charge >= 0.3 is 0 Å².